The summed E-state index contributed by atoms with van der Waals surface area (Å²) in [5.74, 6) is 0.445. The maximum atomic E-state index is 12.8. The molecule has 0 saturated carbocycles. The van der Waals surface area contributed by atoms with Gasteiger partial charge in [-0.1, -0.05) is 26.0 Å². The van der Waals surface area contributed by atoms with E-state index in [-0.39, 0.29) is 11.8 Å². The summed E-state index contributed by atoms with van der Waals surface area (Å²) in [5, 5.41) is 0. The third kappa shape index (κ3) is 3.46. The molecule has 22 heavy (non-hydrogen) atoms. The second kappa shape index (κ2) is 7.18. The fourth-order valence-electron chi connectivity index (χ4n) is 2.81. The van der Waals surface area contributed by atoms with Gasteiger partial charge in [0.2, 0.25) is 5.91 Å². The van der Waals surface area contributed by atoms with Gasteiger partial charge in [-0.05, 0) is 31.2 Å². The number of amides is 2. The Kier molecular flexibility index (Phi) is 5.51. The van der Waals surface area contributed by atoms with E-state index in [9.17, 15) is 9.59 Å². The van der Waals surface area contributed by atoms with E-state index in [0.29, 0.717) is 24.6 Å². The van der Waals surface area contributed by atoms with Crippen LogP contribution in [0.1, 0.15) is 31.1 Å². The van der Waals surface area contributed by atoms with Crippen LogP contribution in [0.4, 0.5) is 0 Å². The van der Waals surface area contributed by atoms with Crippen molar-refractivity contribution in [2.75, 3.05) is 25.9 Å². The summed E-state index contributed by atoms with van der Waals surface area (Å²) in [6.45, 7) is 8.01. The number of hydrogen-bond donors (Lipinski definition) is 0. The van der Waals surface area contributed by atoms with Crippen molar-refractivity contribution < 1.29 is 9.59 Å². The molecule has 1 fully saturated rings. The maximum Gasteiger partial charge on any atom is 0.255 e. The first-order valence-corrected chi connectivity index (χ1v) is 8.91. The summed E-state index contributed by atoms with van der Waals surface area (Å²) in [6.07, 6.45) is 1.96. The molecule has 0 radical (unpaired) electrons. The molecule has 0 aliphatic carbocycles. The van der Waals surface area contributed by atoms with E-state index < -0.39 is 6.04 Å². The van der Waals surface area contributed by atoms with E-state index in [0.717, 1.165) is 11.4 Å². The van der Waals surface area contributed by atoms with Crippen molar-refractivity contribution in [2.24, 2.45) is 5.92 Å². The van der Waals surface area contributed by atoms with E-state index in [1.54, 1.807) is 16.7 Å². The van der Waals surface area contributed by atoms with Crippen LogP contribution in [-0.4, -0.2) is 53.5 Å². The van der Waals surface area contributed by atoms with Gasteiger partial charge in [0, 0.05) is 24.5 Å². The number of piperazine rings is 1. The number of carbonyl (C=O) groups excluding carboxylic acids is 2. The number of benzene rings is 1. The fraction of sp³-hybridized carbons (Fsp3) is 0.529. The van der Waals surface area contributed by atoms with Gasteiger partial charge in [0.15, 0.2) is 0 Å². The Morgan fingerprint density at radius 2 is 2.00 bits per heavy atom. The molecule has 0 bridgehead atoms. The first-order chi connectivity index (χ1) is 10.5. The molecule has 1 atom stereocenters. The highest BCUT2D eigenvalue weighted by atomic mass is 32.2. The topological polar surface area (TPSA) is 40.6 Å². The molecule has 1 aromatic carbocycles. The molecule has 2 rings (SSSR count). The SMILES string of the molecule is CSc1ccccc1C(=O)N1CCN(CC(C)C)C(=O)C1C. The largest absolute Gasteiger partial charge is 0.339 e. The second-order valence-corrected chi connectivity index (χ2v) is 6.90. The van der Waals surface area contributed by atoms with Crippen LogP contribution >= 0.6 is 11.8 Å². The fourth-order valence-corrected chi connectivity index (χ4v) is 3.40. The van der Waals surface area contributed by atoms with Gasteiger partial charge >= 0.3 is 0 Å². The van der Waals surface area contributed by atoms with Crippen LogP contribution in [0.2, 0.25) is 0 Å². The molecule has 1 aliphatic heterocycles. The zero-order valence-electron chi connectivity index (χ0n) is 13.7. The lowest BCUT2D eigenvalue weighted by atomic mass is 10.1. The molecule has 1 aromatic rings. The minimum absolute atomic E-state index is 0.0463. The van der Waals surface area contributed by atoms with E-state index in [1.165, 1.54) is 0 Å². The van der Waals surface area contributed by atoms with E-state index >= 15 is 0 Å². The van der Waals surface area contributed by atoms with Crippen molar-refractivity contribution in [3.63, 3.8) is 0 Å². The van der Waals surface area contributed by atoms with Crippen molar-refractivity contribution >= 4 is 23.6 Å². The molecule has 1 heterocycles. The summed E-state index contributed by atoms with van der Waals surface area (Å²) in [6, 6.07) is 7.19. The third-order valence-electron chi connectivity index (χ3n) is 3.93. The summed E-state index contributed by atoms with van der Waals surface area (Å²) in [5.41, 5.74) is 0.687. The van der Waals surface area contributed by atoms with Gasteiger partial charge in [-0.2, -0.15) is 0 Å². The van der Waals surface area contributed by atoms with Crippen LogP contribution < -0.4 is 0 Å². The minimum Gasteiger partial charge on any atom is -0.339 e. The zero-order chi connectivity index (χ0) is 16.3. The predicted molar refractivity (Wildman–Crippen MR) is 90.1 cm³/mol. The summed E-state index contributed by atoms with van der Waals surface area (Å²) >= 11 is 1.56. The van der Waals surface area contributed by atoms with Crippen molar-refractivity contribution in [1.82, 2.24) is 9.80 Å². The van der Waals surface area contributed by atoms with Crippen molar-refractivity contribution in [1.29, 1.82) is 0 Å². The van der Waals surface area contributed by atoms with Crippen LogP contribution in [0.25, 0.3) is 0 Å². The van der Waals surface area contributed by atoms with Crippen molar-refractivity contribution in [3.8, 4) is 0 Å². The highest BCUT2D eigenvalue weighted by Crippen LogP contribution is 2.23. The summed E-state index contributed by atoms with van der Waals surface area (Å²) in [7, 11) is 0. The van der Waals surface area contributed by atoms with E-state index in [1.807, 2.05) is 42.3 Å². The Balaban J connectivity index is 2.17. The molecule has 1 unspecified atom stereocenters. The molecule has 0 aromatic heterocycles. The predicted octanol–water partition coefficient (Wildman–Crippen LogP) is 2.74. The second-order valence-electron chi connectivity index (χ2n) is 6.05. The molecular formula is C17H24N2O2S. The average molecular weight is 320 g/mol. The van der Waals surface area contributed by atoms with Gasteiger partial charge in [-0.15, -0.1) is 11.8 Å². The van der Waals surface area contributed by atoms with Gasteiger partial charge in [0.1, 0.15) is 6.04 Å². The minimum atomic E-state index is -0.394. The highest BCUT2D eigenvalue weighted by molar-refractivity contribution is 7.98. The van der Waals surface area contributed by atoms with E-state index in [2.05, 4.69) is 13.8 Å². The molecule has 2 amide bonds. The first-order valence-electron chi connectivity index (χ1n) is 7.68. The Labute approximate surface area is 136 Å². The summed E-state index contributed by atoms with van der Waals surface area (Å²) < 4.78 is 0. The molecule has 4 nitrogen and oxygen atoms in total. The first kappa shape index (κ1) is 16.9. The Hall–Kier alpha value is -1.49. The molecular weight excluding hydrogens is 296 g/mol. The lowest BCUT2D eigenvalue weighted by Gasteiger charge is -2.40. The average Bonchev–Trinajstić information content (AvgIpc) is 2.51. The van der Waals surface area contributed by atoms with Crippen LogP contribution in [0.5, 0.6) is 0 Å². The quantitative estimate of drug-likeness (QED) is 0.801. The Bertz CT molecular complexity index is 559. The lowest BCUT2D eigenvalue weighted by molar-refractivity contribution is -0.140. The zero-order valence-corrected chi connectivity index (χ0v) is 14.5. The Morgan fingerprint density at radius 1 is 1.32 bits per heavy atom. The molecule has 1 aliphatic rings. The van der Waals surface area contributed by atoms with Gasteiger partial charge in [-0.3, -0.25) is 9.59 Å². The highest BCUT2D eigenvalue weighted by Gasteiger charge is 2.35. The van der Waals surface area contributed by atoms with Gasteiger partial charge in [0.05, 0.1) is 5.56 Å². The van der Waals surface area contributed by atoms with Gasteiger partial charge in [-0.25, -0.2) is 0 Å². The van der Waals surface area contributed by atoms with Gasteiger partial charge in [0.25, 0.3) is 5.91 Å². The monoisotopic (exact) mass is 320 g/mol. The van der Waals surface area contributed by atoms with Crippen molar-refractivity contribution in [3.05, 3.63) is 29.8 Å². The molecule has 0 N–H and O–H groups in total. The molecule has 0 spiro atoms. The van der Waals surface area contributed by atoms with Crippen molar-refractivity contribution in [2.45, 2.75) is 31.7 Å². The standard InChI is InChI=1S/C17H24N2O2S/c1-12(2)11-18-9-10-19(13(3)16(18)20)17(21)14-7-5-6-8-15(14)22-4/h5-8,12-13H,9-11H2,1-4H3. The van der Waals surface area contributed by atoms with Crippen LogP contribution in [-0.2, 0) is 4.79 Å². The van der Waals surface area contributed by atoms with Crippen LogP contribution in [0, 0.1) is 5.92 Å². The van der Waals surface area contributed by atoms with Gasteiger partial charge < -0.3 is 9.80 Å². The molecule has 1 saturated heterocycles. The summed E-state index contributed by atoms with van der Waals surface area (Å²) in [4.78, 5) is 29.8. The molecule has 120 valence electrons. The number of hydrogen-bond acceptors (Lipinski definition) is 3. The number of thioether (sulfide) groups is 1. The molecule has 5 heteroatoms. The number of rotatable bonds is 4. The third-order valence-corrected chi connectivity index (χ3v) is 4.73. The smallest absolute Gasteiger partial charge is 0.255 e. The number of carbonyl (C=O) groups is 2. The maximum absolute atomic E-state index is 12.8. The van der Waals surface area contributed by atoms with Crippen LogP contribution in [0.15, 0.2) is 29.2 Å². The van der Waals surface area contributed by atoms with E-state index in [4.69, 9.17) is 0 Å². The normalized spacial score (nSPS) is 19.0. The Morgan fingerprint density at radius 3 is 2.64 bits per heavy atom. The number of nitrogens with zero attached hydrogens (tertiary/aromatic N) is 2. The lowest BCUT2D eigenvalue weighted by Crippen LogP contribution is -2.58. The van der Waals surface area contributed by atoms with Crippen LogP contribution in [0.3, 0.4) is 0 Å².